The molecule has 0 radical (unpaired) electrons. The van der Waals surface area contributed by atoms with Crippen molar-refractivity contribution in [1.29, 1.82) is 0 Å². The molecule has 3 heterocycles. The molecule has 0 aliphatic rings. The molecular formula is C14H16N3OS2+. The van der Waals surface area contributed by atoms with Crippen molar-refractivity contribution in [3.8, 4) is 10.4 Å². The first kappa shape index (κ1) is 13.5. The molecule has 1 atom stereocenters. The van der Waals surface area contributed by atoms with Crippen LogP contribution in [0.3, 0.4) is 0 Å². The smallest absolute Gasteiger partial charge is 0.260 e. The number of aromatic nitrogens is 2. The zero-order chi connectivity index (χ0) is 14.1. The Labute approximate surface area is 124 Å². The van der Waals surface area contributed by atoms with Crippen molar-refractivity contribution in [1.82, 2.24) is 9.97 Å². The third-order valence-electron chi connectivity index (χ3n) is 3.27. The quantitative estimate of drug-likeness (QED) is 0.777. The van der Waals surface area contributed by atoms with Gasteiger partial charge in [-0.3, -0.25) is 4.79 Å². The van der Waals surface area contributed by atoms with Gasteiger partial charge in [-0.05, 0) is 25.3 Å². The molecule has 0 aliphatic carbocycles. The maximum atomic E-state index is 12.4. The Balaban J connectivity index is 2.14. The fourth-order valence-corrected chi connectivity index (χ4v) is 4.03. The molecule has 0 aromatic carbocycles. The molecule has 6 heteroatoms. The van der Waals surface area contributed by atoms with Crippen LogP contribution in [0, 0.1) is 0 Å². The normalized spacial score (nSPS) is 12.9. The van der Waals surface area contributed by atoms with E-state index in [-0.39, 0.29) is 11.6 Å². The minimum Gasteiger partial charge on any atom is -0.338 e. The highest BCUT2D eigenvalue weighted by atomic mass is 32.1. The van der Waals surface area contributed by atoms with Crippen LogP contribution in [-0.2, 0) is 0 Å². The molecule has 3 N–H and O–H groups in total. The first-order chi connectivity index (χ1) is 9.70. The molecule has 3 aromatic heterocycles. The fraction of sp³-hybridized carbons (Fsp3) is 0.286. The molecule has 0 unspecified atom stereocenters. The van der Waals surface area contributed by atoms with Crippen molar-refractivity contribution in [3.63, 3.8) is 0 Å². The molecule has 3 rings (SSSR count). The van der Waals surface area contributed by atoms with Crippen LogP contribution in [0.4, 0.5) is 0 Å². The highest BCUT2D eigenvalue weighted by Gasteiger charge is 2.17. The number of thiophene rings is 2. The van der Waals surface area contributed by atoms with E-state index in [1.807, 2.05) is 22.9 Å². The van der Waals surface area contributed by atoms with Gasteiger partial charge in [0.1, 0.15) is 10.9 Å². The molecule has 0 saturated heterocycles. The average Bonchev–Trinajstić information content (AvgIpc) is 3.07. The lowest BCUT2D eigenvalue weighted by molar-refractivity contribution is -0.691. The minimum absolute atomic E-state index is 0.0361. The summed E-state index contributed by atoms with van der Waals surface area (Å²) in [5.74, 6) is 0.754. The molecule has 0 saturated carbocycles. The molecular weight excluding hydrogens is 290 g/mol. The summed E-state index contributed by atoms with van der Waals surface area (Å²) in [5, 5.41) is 6.91. The van der Waals surface area contributed by atoms with Crippen LogP contribution in [-0.4, -0.2) is 16.5 Å². The maximum absolute atomic E-state index is 12.4. The first-order valence-corrected chi connectivity index (χ1v) is 8.35. The van der Waals surface area contributed by atoms with Crippen molar-refractivity contribution >= 4 is 32.9 Å². The number of nitrogens with zero attached hydrogens (tertiary/aromatic N) is 1. The summed E-state index contributed by atoms with van der Waals surface area (Å²) in [7, 11) is 0. The average molecular weight is 306 g/mol. The van der Waals surface area contributed by atoms with Crippen LogP contribution >= 0.6 is 22.7 Å². The SMILES string of the molecule is CC[NH2+][C@@H](C)c1nc2scc(-c3cccs3)c2c(=O)[nH]1. The topological polar surface area (TPSA) is 62.4 Å². The number of nitrogens with one attached hydrogen (secondary N) is 1. The van der Waals surface area contributed by atoms with Crippen molar-refractivity contribution < 1.29 is 5.32 Å². The van der Waals surface area contributed by atoms with E-state index in [2.05, 4.69) is 29.1 Å². The number of H-pyrrole nitrogens is 1. The molecule has 0 spiro atoms. The van der Waals surface area contributed by atoms with E-state index in [1.165, 1.54) is 11.3 Å². The summed E-state index contributed by atoms with van der Waals surface area (Å²) in [4.78, 5) is 21.9. The summed E-state index contributed by atoms with van der Waals surface area (Å²) in [6.07, 6.45) is 0. The third-order valence-corrected chi connectivity index (χ3v) is 5.04. The van der Waals surface area contributed by atoms with Gasteiger partial charge in [0.25, 0.3) is 5.56 Å². The van der Waals surface area contributed by atoms with E-state index in [4.69, 9.17) is 0 Å². The Morgan fingerprint density at radius 3 is 3.00 bits per heavy atom. The largest absolute Gasteiger partial charge is 0.338 e. The number of fused-ring (bicyclic) bond motifs is 1. The van der Waals surface area contributed by atoms with Crippen LogP contribution in [0.15, 0.2) is 27.7 Å². The predicted octanol–water partition coefficient (Wildman–Crippen LogP) is 2.36. The van der Waals surface area contributed by atoms with E-state index >= 15 is 0 Å². The van der Waals surface area contributed by atoms with Crippen LogP contribution in [0.2, 0.25) is 0 Å². The standard InChI is InChI=1S/C14H15N3OS2/c1-3-15-8(2)12-16-13(18)11-9(7-20-14(11)17-12)10-5-4-6-19-10/h4-8,15H,3H2,1-2H3,(H,16,17,18)/p+1/t8-/m0/s1. The van der Waals surface area contributed by atoms with E-state index in [0.717, 1.165) is 27.6 Å². The second-order valence-corrected chi connectivity index (χ2v) is 6.50. The Hall–Kier alpha value is -1.50. The Morgan fingerprint density at radius 2 is 2.30 bits per heavy atom. The van der Waals surface area contributed by atoms with Crippen molar-refractivity contribution in [2.24, 2.45) is 0 Å². The lowest BCUT2D eigenvalue weighted by atomic mass is 10.2. The van der Waals surface area contributed by atoms with Gasteiger partial charge >= 0.3 is 0 Å². The lowest BCUT2D eigenvalue weighted by Gasteiger charge is -2.08. The van der Waals surface area contributed by atoms with E-state index < -0.39 is 0 Å². The molecule has 3 aromatic rings. The highest BCUT2D eigenvalue weighted by Crippen LogP contribution is 2.33. The number of nitrogens with two attached hydrogens (primary N) is 1. The molecule has 0 fully saturated rings. The molecule has 4 nitrogen and oxygen atoms in total. The number of hydrogen-bond donors (Lipinski definition) is 2. The van der Waals surface area contributed by atoms with Crippen molar-refractivity contribution in [2.45, 2.75) is 19.9 Å². The number of aromatic amines is 1. The first-order valence-electron chi connectivity index (χ1n) is 6.59. The lowest BCUT2D eigenvalue weighted by Crippen LogP contribution is -2.84. The van der Waals surface area contributed by atoms with Gasteiger partial charge in [-0.1, -0.05) is 6.07 Å². The van der Waals surface area contributed by atoms with Crippen LogP contribution < -0.4 is 10.9 Å². The highest BCUT2D eigenvalue weighted by molar-refractivity contribution is 7.18. The number of rotatable bonds is 4. The summed E-state index contributed by atoms with van der Waals surface area (Å²) in [6, 6.07) is 4.20. The Kier molecular flexibility index (Phi) is 3.69. The molecule has 20 heavy (non-hydrogen) atoms. The van der Waals surface area contributed by atoms with Crippen LogP contribution in [0.25, 0.3) is 20.7 Å². The minimum atomic E-state index is -0.0361. The van der Waals surface area contributed by atoms with Gasteiger partial charge in [0, 0.05) is 15.8 Å². The van der Waals surface area contributed by atoms with E-state index in [9.17, 15) is 4.79 Å². The van der Waals surface area contributed by atoms with Crippen molar-refractivity contribution in [3.05, 3.63) is 39.1 Å². The zero-order valence-electron chi connectivity index (χ0n) is 11.3. The molecule has 0 bridgehead atoms. The molecule has 0 aliphatic heterocycles. The molecule has 104 valence electrons. The summed E-state index contributed by atoms with van der Waals surface area (Å²) in [5.41, 5.74) is 0.957. The molecule has 0 amide bonds. The second kappa shape index (κ2) is 5.47. The summed E-state index contributed by atoms with van der Waals surface area (Å²) < 4.78 is 0. The van der Waals surface area contributed by atoms with Crippen LogP contribution in [0.5, 0.6) is 0 Å². The van der Waals surface area contributed by atoms with Crippen molar-refractivity contribution in [2.75, 3.05) is 6.54 Å². The van der Waals surface area contributed by atoms with Gasteiger partial charge in [-0.15, -0.1) is 22.7 Å². The van der Waals surface area contributed by atoms with Gasteiger partial charge in [0.15, 0.2) is 5.82 Å². The maximum Gasteiger partial charge on any atom is 0.260 e. The summed E-state index contributed by atoms with van der Waals surface area (Å²) >= 11 is 3.18. The summed E-state index contributed by atoms with van der Waals surface area (Å²) in [6.45, 7) is 5.11. The monoisotopic (exact) mass is 306 g/mol. The van der Waals surface area contributed by atoms with Crippen LogP contribution in [0.1, 0.15) is 25.7 Å². The van der Waals surface area contributed by atoms with Gasteiger partial charge in [0.05, 0.1) is 11.9 Å². The predicted molar refractivity (Wildman–Crippen MR) is 84.4 cm³/mol. The second-order valence-electron chi connectivity index (χ2n) is 4.69. The number of quaternary nitrogens is 1. The van der Waals surface area contributed by atoms with Gasteiger partial charge < -0.3 is 10.3 Å². The Morgan fingerprint density at radius 1 is 1.45 bits per heavy atom. The van der Waals surface area contributed by atoms with E-state index in [0.29, 0.717) is 5.39 Å². The zero-order valence-corrected chi connectivity index (χ0v) is 13.0. The van der Waals surface area contributed by atoms with E-state index in [1.54, 1.807) is 11.3 Å². The van der Waals surface area contributed by atoms with Gasteiger partial charge in [-0.25, -0.2) is 4.98 Å². The number of hydrogen-bond acceptors (Lipinski definition) is 4. The van der Waals surface area contributed by atoms with Gasteiger partial charge in [-0.2, -0.15) is 0 Å². The fourth-order valence-electron chi connectivity index (χ4n) is 2.26. The third kappa shape index (κ3) is 2.30. The van der Waals surface area contributed by atoms with Gasteiger partial charge in [0.2, 0.25) is 0 Å². The Bertz CT molecular complexity index is 773.